The SMILES string of the molecule is COc1ccc(C2/C(=C(/O)c3ccc(OC)cc3OC)C(=O)C(=O)N2Cc2ccco2)cc1. The van der Waals surface area contributed by atoms with Crippen molar-refractivity contribution in [1.82, 2.24) is 4.90 Å². The Morgan fingerprint density at radius 3 is 2.27 bits per heavy atom. The van der Waals surface area contributed by atoms with Crippen molar-refractivity contribution < 1.29 is 33.3 Å². The van der Waals surface area contributed by atoms with Gasteiger partial charge in [-0.15, -0.1) is 0 Å². The van der Waals surface area contributed by atoms with Crippen molar-refractivity contribution in [3.8, 4) is 17.2 Å². The molecule has 0 radical (unpaired) electrons. The van der Waals surface area contributed by atoms with E-state index in [-0.39, 0.29) is 23.4 Å². The molecule has 33 heavy (non-hydrogen) atoms. The number of carbonyl (C=O) groups is 2. The van der Waals surface area contributed by atoms with E-state index in [1.54, 1.807) is 61.7 Å². The zero-order valence-electron chi connectivity index (χ0n) is 18.4. The summed E-state index contributed by atoms with van der Waals surface area (Å²) < 4.78 is 21.2. The number of methoxy groups -OCH3 is 3. The fourth-order valence-electron chi connectivity index (χ4n) is 3.89. The molecule has 8 nitrogen and oxygen atoms in total. The third-order valence-corrected chi connectivity index (χ3v) is 5.54. The van der Waals surface area contributed by atoms with Crippen LogP contribution in [0.5, 0.6) is 17.2 Å². The number of benzene rings is 2. The second-order valence-corrected chi connectivity index (χ2v) is 7.35. The van der Waals surface area contributed by atoms with E-state index in [1.807, 2.05) is 0 Å². The number of hydrogen-bond donors (Lipinski definition) is 1. The van der Waals surface area contributed by atoms with E-state index < -0.39 is 17.7 Å². The summed E-state index contributed by atoms with van der Waals surface area (Å²) in [5.74, 6) is 0.0940. The molecule has 0 aliphatic carbocycles. The number of carbonyl (C=O) groups excluding carboxylic acids is 2. The average Bonchev–Trinajstić information content (AvgIpc) is 3.45. The molecule has 2 aromatic carbocycles. The van der Waals surface area contributed by atoms with Crippen molar-refractivity contribution in [1.29, 1.82) is 0 Å². The van der Waals surface area contributed by atoms with Crippen molar-refractivity contribution in [3.05, 3.63) is 83.3 Å². The first kappa shape index (κ1) is 22.0. The number of ether oxygens (including phenoxy) is 3. The monoisotopic (exact) mass is 449 g/mol. The fourth-order valence-corrected chi connectivity index (χ4v) is 3.89. The molecule has 0 spiro atoms. The smallest absolute Gasteiger partial charge is 0.296 e. The number of likely N-dealkylation sites (tertiary alicyclic amines) is 1. The molecule has 1 saturated heterocycles. The zero-order valence-corrected chi connectivity index (χ0v) is 18.4. The molecule has 1 unspecified atom stereocenters. The summed E-state index contributed by atoms with van der Waals surface area (Å²) in [5, 5.41) is 11.3. The third-order valence-electron chi connectivity index (χ3n) is 5.54. The molecule has 1 fully saturated rings. The van der Waals surface area contributed by atoms with Gasteiger partial charge in [0.25, 0.3) is 11.7 Å². The van der Waals surface area contributed by atoms with Gasteiger partial charge in [-0.1, -0.05) is 12.1 Å². The van der Waals surface area contributed by atoms with Crippen LogP contribution in [0.2, 0.25) is 0 Å². The number of ketones is 1. The Kier molecular flexibility index (Phi) is 6.08. The predicted molar refractivity (Wildman–Crippen MR) is 119 cm³/mol. The zero-order chi connectivity index (χ0) is 23.5. The first-order valence-corrected chi connectivity index (χ1v) is 10.2. The van der Waals surface area contributed by atoms with E-state index in [4.69, 9.17) is 18.6 Å². The van der Waals surface area contributed by atoms with E-state index in [1.165, 1.54) is 25.4 Å². The first-order chi connectivity index (χ1) is 16.0. The largest absolute Gasteiger partial charge is 0.507 e. The van der Waals surface area contributed by atoms with Crippen LogP contribution in [0.15, 0.2) is 70.9 Å². The molecular weight excluding hydrogens is 426 g/mol. The molecule has 2 heterocycles. The van der Waals surface area contributed by atoms with Crippen LogP contribution in [0.3, 0.4) is 0 Å². The maximum Gasteiger partial charge on any atom is 0.296 e. The van der Waals surface area contributed by atoms with Crippen LogP contribution in [0, 0.1) is 0 Å². The number of hydrogen-bond acceptors (Lipinski definition) is 7. The molecule has 1 aromatic heterocycles. The van der Waals surface area contributed by atoms with Gasteiger partial charge in [0.2, 0.25) is 0 Å². The van der Waals surface area contributed by atoms with Crippen LogP contribution < -0.4 is 14.2 Å². The molecule has 1 aliphatic heterocycles. The van der Waals surface area contributed by atoms with Gasteiger partial charge in [0.05, 0.1) is 51.3 Å². The van der Waals surface area contributed by atoms with Crippen molar-refractivity contribution in [2.75, 3.05) is 21.3 Å². The number of Topliss-reactive ketones (excluding diaryl/α,β-unsaturated/α-hetero) is 1. The summed E-state index contributed by atoms with van der Waals surface area (Å²) in [6.45, 7) is 0.0603. The minimum absolute atomic E-state index is 0.0415. The standard InChI is InChI=1S/C25H23NO7/c1-30-16-8-6-15(7-9-16)22-21(23(27)19-11-10-17(31-2)13-20(19)32-3)24(28)25(29)26(22)14-18-5-4-12-33-18/h4-13,22,27H,14H2,1-3H3/b23-21-. The van der Waals surface area contributed by atoms with Gasteiger partial charge >= 0.3 is 0 Å². The number of nitrogens with zero attached hydrogens (tertiary/aromatic N) is 1. The highest BCUT2D eigenvalue weighted by molar-refractivity contribution is 6.46. The van der Waals surface area contributed by atoms with Crippen LogP contribution in [-0.2, 0) is 16.1 Å². The van der Waals surface area contributed by atoms with Gasteiger partial charge in [-0.3, -0.25) is 9.59 Å². The quantitative estimate of drug-likeness (QED) is 0.332. The Morgan fingerprint density at radius 2 is 1.67 bits per heavy atom. The first-order valence-electron chi connectivity index (χ1n) is 10.2. The molecule has 1 N–H and O–H groups in total. The van der Waals surface area contributed by atoms with Gasteiger partial charge in [0, 0.05) is 6.07 Å². The Hall–Kier alpha value is -4.20. The average molecular weight is 449 g/mol. The van der Waals surface area contributed by atoms with Crippen LogP contribution in [-0.4, -0.2) is 43.0 Å². The summed E-state index contributed by atoms with van der Waals surface area (Å²) >= 11 is 0. The van der Waals surface area contributed by atoms with Gasteiger partial charge in [0.15, 0.2) is 0 Å². The normalized spacial score (nSPS) is 17.3. The van der Waals surface area contributed by atoms with Crippen molar-refractivity contribution in [2.24, 2.45) is 0 Å². The number of furan rings is 1. The summed E-state index contributed by atoms with van der Waals surface area (Å²) in [7, 11) is 4.51. The fraction of sp³-hybridized carbons (Fsp3) is 0.200. The molecule has 170 valence electrons. The Balaban J connectivity index is 1.88. The minimum Gasteiger partial charge on any atom is -0.507 e. The molecule has 1 atom stereocenters. The second kappa shape index (κ2) is 9.12. The molecule has 4 rings (SSSR count). The van der Waals surface area contributed by atoms with Crippen LogP contribution in [0.25, 0.3) is 5.76 Å². The van der Waals surface area contributed by atoms with E-state index in [0.29, 0.717) is 28.6 Å². The highest BCUT2D eigenvalue weighted by Crippen LogP contribution is 2.42. The molecule has 1 amide bonds. The molecular formula is C25H23NO7. The van der Waals surface area contributed by atoms with E-state index in [2.05, 4.69) is 0 Å². The maximum atomic E-state index is 13.2. The third kappa shape index (κ3) is 4.03. The van der Waals surface area contributed by atoms with Gasteiger partial charge in [-0.2, -0.15) is 0 Å². The van der Waals surface area contributed by atoms with Gasteiger partial charge in [0.1, 0.15) is 28.8 Å². The highest BCUT2D eigenvalue weighted by Gasteiger charge is 2.46. The Bertz CT molecular complexity index is 1200. The van der Waals surface area contributed by atoms with Crippen molar-refractivity contribution in [3.63, 3.8) is 0 Å². The summed E-state index contributed by atoms with van der Waals surface area (Å²) in [5.41, 5.74) is 0.864. The lowest BCUT2D eigenvalue weighted by atomic mass is 9.95. The molecule has 1 aliphatic rings. The molecule has 0 saturated carbocycles. The number of amides is 1. The lowest BCUT2D eigenvalue weighted by Crippen LogP contribution is -2.29. The van der Waals surface area contributed by atoms with Crippen LogP contribution in [0.4, 0.5) is 0 Å². The number of aliphatic hydroxyl groups excluding tert-OH is 1. The lowest BCUT2D eigenvalue weighted by Gasteiger charge is -2.24. The van der Waals surface area contributed by atoms with Crippen molar-refractivity contribution >= 4 is 17.4 Å². The minimum atomic E-state index is -0.840. The molecule has 0 bridgehead atoms. The van der Waals surface area contributed by atoms with Gasteiger partial charge < -0.3 is 28.6 Å². The van der Waals surface area contributed by atoms with Gasteiger partial charge in [-0.05, 0) is 42.0 Å². The van der Waals surface area contributed by atoms with Crippen LogP contribution in [0.1, 0.15) is 22.9 Å². The van der Waals surface area contributed by atoms with Crippen LogP contribution >= 0.6 is 0 Å². The van der Waals surface area contributed by atoms with E-state index in [9.17, 15) is 14.7 Å². The Morgan fingerprint density at radius 1 is 0.970 bits per heavy atom. The maximum absolute atomic E-state index is 13.2. The van der Waals surface area contributed by atoms with Gasteiger partial charge in [-0.25, -0.2) is 0 Å². The lowest BCUT2D eigenvalue weighted by molar-refractivity contribution is -0.140. The molecule has 8 heteroatoms. The Labute approximate surface area is 190 Å². The summed E-state index contributed by atoms with van der Waals surface area (Å²) in [4.78, 5) is 27.6. The van der Waals surface area contributed by atoms with E-state index in [0.717, 1.165) is 0 Å². The topological polar surface area (TPSA) is 98.4 Å². The summed E-state index contributed by atoms with van der Waals surface area (Å²) in [6.07, 6.45) is 1.50. The summed E-state index contributed by atoms with van der Waals surface area (Å²) in [6, 6.07) is 14.4. The predicted octanol–water partition coefficient (Wildman–Crippen LogP) is 3.93. The highest BCUT2D eigenvalue weighted by atomic mass is 16.5. The second-order valence-electron chi connectivity index (χ2n) is 7.35. The van der Waals surface area contributed by atoms with E-state index >= 15 is 0 Å². The molecule has 3 aromatic rings. The van der Waals surface area contributed by atoms with Crippen molar-refractivity contribution in [2.45, 2.75) is 12.6 Å². The number of rotatable bonds is 7. The number of aliphatic hydroxyl groups is 1.